The van der Waals surface area contributed by atoms with Gasteiger partial charge in [0, 0.05) is 0 Å². The zero-order chi connectivity index (χ0) is 16.9. The second-order valence-corrected chi connectivity index (χ2v) is 5.38. The van der Waals surface area contributed by atoms with Crippen molar-refractivity contribution in [3.8, 4) is 16.9 Å². The summed E-state index contributed by atoms with van der Waals surface area (Å²) < 4.78 is 5.13. The maximum atomic E-state index is 12.4. The lowest BCUT2D eigenvalue weighted by atomic mass is 10.1. The SMILES string of the molecule is COc1ccc(/C=C/c2nc(C)c(-c3ccccc3)c(=O)[nH]2)cc1. The number of ether oxygens (including phenoxy) is 1. The first-order valence-corrected chi connectivity index (χ1v) is 7.66. The zero-order valence-corrected chi connectivity index (χ0v) is 13.6. The van der Waals surface area contributed by atoms with Crippen LogP contribution in [0.4, 0.5) is 0 Å². The molecular formula is C20H18N2O2. The van der Waals surface area contributed by atoms with Crippen LogP contribution in [0.15, 0.2) is 59.4 Å². The van der Waals surface area contributed by atoms with E-state index in [0.29, 0.717) is 17.1 Å². The predicted octanol–water partition coefficient (Wildman–Crippen LogP) is 3.92. The quantitative estimate of drug-likeness (QED) is 0.793. The Bertz CT molecular complexity index is 911. The first-order chi connectivity index (χ1) is 11.7. The van der Waals surface area contributed by atoms with Gasteiger partial charge in [-0.05, 0) is 36.3 Å². The summed E-state index contributed by atoms with van der Waals surface area (Å²) in [6.07, 6.45) is 3.70. The highest BCUT2D eigenvalue weighted by molar-refractivity contribution is 5.69. The number of nitrogens with one attached hydrogen (secondary N) is 1. The number of methoxy groups -OCH3 is 1. The molecule has 0 bridgehead atoms. The minimum atomic E-state index is -0.136. The summed E-state index contributed by atoms with van der Waals surface area (Å²) in [6, 6.07) is 17.2. The average molecular weight is 318 g/mol. The topological polar surface area (TPSA) is 55.0 Å². The van der Waals surface area contributed by atoms with Gasteiger partial charge in [0.1, 0.15) is 11.6 Å². The average Bonchev–Trinajstić information content (AvgIpc) is 2.61. The Morgan fingerprint density at radius 3 is 2.33 bits per heavy atom. The fraction of sp³-hybridized carbons (Fsp3) is 0.100. The Kier molecular flexibility index (Phi) is 4.57. The Morgan fingerprint density at radius 1 is 1.00 bits per heavy atom. The van der Waals surface area contributed by atoms with Gasteiger partial charge in [0.25, 0.3) is 5.56 Å². The Balaban J connectivity index is 1.90. The fourth-order valence-corrected chi connectivity index (χ4v) is 2.52. The number of nitrogens with zero attached hydrogens (tertiary/aromatic N) is 1. The molecule has 3 rings (SSSR count). The zero-order valence-electron chi connectivity index (χ0n) is 13.6. The smallest absolute Gasteiger partial charge is 0.259 e. The molecule has 0 radical (unpaired) electrons. The molecule has 0 atom stereocenters. The van der Waals surface area contributed by atoms with Crippen molar-refractivity contribution in [2.24, 2.45) is 0 Å². The van der Waals surface area contributed by atoms with Gasteiger partial charge in [-0.25, -0.2) is 4.98 Å². The molecule has 0 unspecified atom stereocenters. The molecule has 120 valence electrons. The summed E-state index contributed by atoms with van der Waals surface area (Å²) in [5.74, 6) is 1.34. The van der Waals surface area contributed by atoms with Gasteiger partial charge in [-0.15, -0.1) is 0 Å². The molecule has 0 aliphatic heterocycles. The van der Waals surface area contributed by atoms with Gasteiger partial charge >= 0.3 is 0 Å². The molecule has 2 aromatic carbocycles. The maximum absolute atomic E-state index is 12.4. The largest absolute Gasteiger partial charge is 0.497 e. The molecular weight excluding hydrogens is 300 g/mol. The third-order valence-electron chi connectivity index (χ3n) is 3.73. The molecule has 4 nitrogen and oxygen atoms in total. The van der Waals surface area contributed by atoms with Crippen LogP contribution in [0.25, 0.3) is 23.3 Å². The lowest BCUT2D eigenvalue weighted by Crippen LogP contribution is -2.14. The number of aromatic nitrogens is 2. The van der Waals surface area contributed by atoms with Crippen molar-refractivity contribution >= 4 is 12.2 Å². The molecule has 0 aliphatic rings. The van der Waals surface area contributed by atoms with Gasteiger partial charge in [0.15, 0.2) is 0 Å². The Labute approximate surface area is 140 Å². The lowest BCUT2D eigenvalue weighted by Gasteiger charge is -2.05. The molecule has 1 heterocycles. The number of H-pyrrole nitrogens is 1. The number of hydrogen-bond acceptors (Lipinski definition) is 3. The third kappa shape index (κ3) is 3.43. The van der Waals surface area contributed by atoms with Crippen LogP contribution < -0.4 is 10.3 Å². The van der Waals surface area contributed by atoms with Crippen LogP contribution in [0.5, 0.6) is 5.75 Å². The van der Waals surface area contributed by atoms with Crippen LogP contribution in [0.3, 0.4) is 0 Å². The van der Waals surface area contributed by atoms with Crippen LogP contribution in [-0.4, -0.2) is 17.1 Å². The number of aryl methyl sites for hydroxylation is 1. The van der Waals surface area contributed by atoms with Crippen LogP contribution in [0.2, 0.25) is 0 Å². The highest BCUT2D eigenvalue weighted by Gasteiger charge is 2.08. The molecule has 0 aliphatic carbocycles. The predicted molar refractivity (Wildman–Crippen MR) is 97.0 cm³/mol. The van der Waals surface area contributed by atoms with Crippen LogP contribution >= 0.6 is 0 Å². The van der Waals surface area contributed by atoms with Gasteiger partial charge in [-0.1, -0.05) is 48.5 Å². The van der Waals surface area contributed by atoms with E-state index in [9.17, 15) is 4.79 Å². The summed E-state index contributed by atoms with van der Waals surface area (Å²) in [4.78, 5) is 19.7. The highest BCUT2D eigenvalue weighted by atomic mass is 16.5. The van der Waals surface area contributed by atoms with Gasteiger partial charge in [-0.2, -0.15) is 0 Å². The highest BCUT2D eigenvalue weighted by Crippen LogP contribution is 2.18. The summed E-state index contributed by atoms with van der Waals surface area (Å²) in [7, 11) is 1.64. The standard InChI is InChI=1S/C20H18N2O2/c1-14-19(16-6-4-3-5-7-16)20(23)22-18(21-14)13-10-15-8-11-17(24-2)12-9-15/h3-13H,1-2H3,(H,21,22,23)/b13-10+. The maximum Gasteiger partial charge on any atom is 0.259 e. The van der Waals surface area contributed by atoms with Crippen molar-refractivity contribution in [3.05, 3.63) is 82.0 Å². The normalized spacial score (nSPS) is 10.9. The number of benzene rings is 2. The van der Waals surface area contributed by atoms with E-state index >= 15 is 0 Å². The molecule has 3 aromatic rings. The van der Waals surface area contributed by atoms with Crippen LogP contribution in [0.1, 0.15) is 17.1 Å². The van der Waals surface area contributed by atoms with Crippen LogP contribution in [-0.2, 0) is 0 Å². The number of rotatable bonds is 4. The van der Waals surface area contributed by atoms with E-state index in [1.807, 2.05) is 67.6 Å². The molecule has 0 saturated carbocycles. The summed E-state index contributed by atoms with van der Waals surface area (Å²) >= 11 is 0. The fourth-order valence-electron chi connectivity index (χ4n) is 2.52. The van der Waals surface area contributed by atoms with E-state index in [2.05, 4.69) is 9.97 Å². The first kappa shape index (κ1) is 15.7. The van der Waals surface area contributed by atoms with Crippen molar-refractivity contribution in [2.75, 3.05) is 7.11 Å². The van der Waals surface area contributed by atoms with E-state index in [-0.39, 0.29) is 5.56 Å². The number of aromatic amines is 1. The van der Waals surface area contributed by atoms with Crippen molar-refractivity contribution in [1.82, 2.24) is 9.97 Å². The van der Waals surface area contributed by atoms with Gasteiger partial charge in [0.05, 0.1) is 18.4 Å². The second kappa shape index (κ2) is 6.96. The van der Waals surface area contributed by atoms with Crippen molar-refractivity contribution in [2.45, 2.75) is 6.92 Å². The van der Waals surface area contributed by atoms with E-state index in [1.54, 1.807) is 13.2 Å². The Morgan fingerprint density at radius 2 is 1.71 bits per heavy atom. The van der Waals surface area contributed by atoms with Gasteiger partial charge in [-0.3, -0.25) is 4.79 Å². The second-order valence-electron chi connectivity index (χ2n) is 5.38. The molecule has 4 heteroatoms. The molecule has 0 saturated heterocycles. The van der Waals surface area contributed by atoms with Crippen molar-refractivity contribution < 1.29 is 4.74 Å². The Hall–Kier alpha value is -3.14. The van der Waals surface area contributed by atoms with Crippen LogP contribution in [0, 0.1) is 6.92 Å². The van der Waals surface area contributed by atoms with E-state index in [4.69, 9.17) is 4.74 Å². The lowest BCUT2D eigenvalue weighted by molar-refractivity contribution is 0.415. The van der Waals surface area contributed by atoms with Gasteiger partial charge < -0.3 is 9.72 Å². The minimum Gasteiger partial charge on any atom is -0.497 e. The number of hydrogen-bond donors (Lipinski definition) is 1. The molecule has 1 N–H and O–H groups in total. The third-order valence-corrected chi connectivity index (χ3v) is 3.73. The van der Waals surface area contributed by atoms with Crippen molar-refractivity contribution in [1.29, 1.82) is 0 Å². The molecule has 24 heavy (non-hydrogen) atoms. The van der Waals surface area contributed by atoms with Gasteiger partial charge in [0.2, 0.25) is 0 Å². The summed E-state index contributed by atoms with van der Waals surface area (Å²) in [6.45, 7) is 1.85. The molecule has 0 amide bonds. The van der Waals surface area contributed by atoms with E-state index in [1.165, 1.54) is 0 Å². The minimum absolute atomic E-state index is 0.136. The first-order valence-electron chi connectivity index (χ1n) is 7.66. The molecule has 0 fully saturated rings. The molecule has 0 spiro atoms. The van der Waals surface area contributed by atoms with E-state index < -0.39 is 0 Å². The monoisotopic (exact) mass is 318 g/mol. The summed E-state index contributed by atoms with van der Waals surface area (Å²) in [5, 5.41) is 0. The molecule has 1 aromatic heterocycles. The van der Waals surface area contributed by atoms with E-state index in [0.717, 1.165) is 16.9 Å². The van der Waals surface area contributed by atoms with Crippen molar-refractivity contribution in [3.63, 3.8) is 0 Å². The summed E-state index contributed by atoms with van der Waals surface area (Å²) in [5.41, 5.74) is 3.05.